The van der Waals surface area contributed by atoms with Gasteiger partial charge in [0.05, 0.1) is 12.2 Å². The number of hydrogen-bond donors (Lipinski definition) is 1. The summed E-state index contributed by atoms with van der Waals surface area (Å²) in [5, 5.41) is 3.37. The molecule has 0 aromatic heterocycles. The topological polar surface area (TPSA) is 32.3 Å². The number of fused-ring (bicyclic) bond motifs is 1. The van der Waals surface area contributed by atoms with Gasteiger partial charge < -0.3 is 10.2 Å². The molecule has 0 spiro atoms. The Balaban J connectivity index is 2.30. The van der Waals surface area contributed by atoms with Gasteiger partial charge in [0, 0.05) is 16.7 Å². The summed E-state index contributed by atoms with van der Waals surface area (Å²) in [5.74, 6) is 0.141. The van der Waals surface area contributed by atoms with E-state index in [0.717, 1.165) is 12.2 Å². The lowest BCUT2D eigenvalue weighted by molar-refractivity contribution is -0.117. The first kappa shape index (κ1) is 11.5. The molecule has 4 heteroatoms. The second-order valence-electron chi connectivity index (χ2n) is 3.93. The lowest BCUT2D eigenvalue weighted by Crippen LogP contribution is -2.42. The van der Waals surface area contributed by atoms with Crippen LogP contribution in [0.2, 0.25) is 0 Å². The van der Waals surface area contributed by atoms with E-state index in [2.05, 4.69) is 18.3 Å². The van der Waals surface area contributed by atoms with E-state index in [9.17, 15) is 4.79 Å². The van der Waals surface area contributed by atoms with E-state index >= 15 is 0 Å². The van der Waals surface area contributed by atoms with Crippen molar-refractivity contribution in [2.45, 2.75) is 17.1 Å². The second kappa shape index (κ2) is 4.89. The number of carbonyl (C=O) groups excluding carboxylic acids is 1. The maximum atomic E-state index is 12.0. The average molecular weight is 236 g/mol. The van der Waals surface area contributed by atoms with Crippen molar-refractivity contribution < 1.29 is 4.79 Å². The summed E-state index contributed by atoms with van der Waals surface area (Å²) in [5.41, 5.74) is 1.05. The number of rotatable bonds is 2. The molecule has 16 heavy (non-hydrogen) atoms. The van der Waals surface area contributed by atoms with Gasteiger partial charge in [-0.2, -0.15) is 0 Å². The summed E-state index contributed by atoms with van der Waals surface area (Å²) in [4.78, 5) is 15.0. The lowest BCUT2D eigenvalue weighted by atomic mass is 10.2. The van der Waals surface area contributed by atoms with Crippen LogP contribution in [0.15, 0.2) is 29.2 Å². The minimum atomic E-state index is 0.141. The fraction of sp³-hybridized carbons (Fsp3) is 0.417. The monoisotopic (exact) mass is 236 g/mol. The number of carbonyl (C=O) groups is 1. The number of para-hydroxylation sites is 1. The molecule has 3 nitrogen and oxygen atoms in total. The summed E-state index contributed by atoms with van der Waals surface area (Å²) in [6, 6.07) is 8.09. The number of likely N-dealkylation sites (N-methyl/N-ethyl adjacent to an activating group) is 1. The van der Waals surface area contributed by atoms with Crippen molar-refractivity contribution in [1.29, 1.82) is 0 Å². The molecule has 0 saturated carbocycles. The Kier molecular flexibility index (Phi) is 3.51. The Hall–Kier alpha value is -1.00. The molecule has 1 aromatic carbocycles. The Labute approximate surface area is 100 Å². The third kappa shape index (κ3) is 2.23. The van der Waals surface area contributed by atoms with Gasteiger partial charge >= 0.3 is 0 Å². The molecular weight excluding hydrogens is 220 g/mol. The molecular formula is C12H16N2OS. The maximum absolute atomic E-state index is 12.0. The highest BCUT2D eigenvalue weighted by molar-refractivity contribution is 8.00. The van der Waals surface area contributed by atoms with Crippen molar-refractivity contribution in [1.82, 2.24) is 5.32 Å². The van der Waals surface area contributed by atoms with Crippen molar-refractivity contribution in [3.05, 3.63) is 24.3 Å². The molecule has 1 atom stereocenters. The molecule has 1 amide bonds. The number of thioether (sulfide) groups is 1. The van der Waals surface area contributed by atoms with Gasteiger partial charge in [-0.25, -0.2) is 0 Å². The lowest BCUT2D eigenvalue weighted by Gasteiger charge is -2.32. The fourth-order valence-electron chi connectivity index (χ4n) is 1.87. The predicted molar refractivity (Wildman–Crippen MR) is 68.0 cm³/mol. The molecule has 86 valence electrons. The first-order valence-corrected chi connectivity index (χ1v) is 6.31. The highest BCUT2D eigenvalue weighted by Crippen LogP contribution is 2.37. The van der Waals surface area contributed by atoms with Crippen LogP contribution in [0.1, 0.15) is 6.92 Å². The quantitative estimate of drug-likeness (QED) is 0.849. The van der Waals surface area contributed by atoms with Gasteiger partial charge in [-0.1, -0.05) is 19.1 Å². The SMILES string of the molecule is CNCC(=O)N1CC(C)Sc2ccccc21. The minimum Gasteiger partial charge on any atom is -0.311 e. The van der Waals surface area contributed by atoms with E-state index < -0.39 is 0 Å². The number of hydrogen-bond acceptors (Lipinski definition) is 3. The Morgan fingerprint density at radius 1 is 1.56 bits per heavy atom. The van der Waals surface area contributed by atoms with Gasteiger partial charge in [0.15, 0.2) is 0 Å². The van der Waals surface area contributed by atoms with Crippen LogP contribution in [0, 0.1) is 0 Å². The number of benzene rings is 1. The van der Waals surface area contributed by atoms with Crippen LogP contribution in [-0.4, -0.2) is 31.3 Å². The largest absolute Gasteiger partial charge is 0.311 e. The van der Waals surface area contributed by atoms with Crippen molar-refractivity contribution in [3.8, 4) is 0 Å². The molecule has 1 N–H and O–H groups in total. The van der Waals surface area contributed by atoms with Crippen LogP contribution in [0.5, 0.6) is 0 Å². The third-order valence-electron chi connectivity index (χ3n) is 2.55. The van der Waals surface area contributed by atoms with Gasteiger partial charge in [0.2, 0.25) is 5.91 Å². The van der Waals surface area contributed by atoms with Crippen LogP contribution >= 0.6 is 11.8 Å². The zero-order valence-electron chi connectivity index (χ0n) is 9.56. The Bertz CT molecular complexity index is 394. The number of amides is 1. The van der Waals surface area contributed by atoms with E-state index in [1.54, 1.807) is 7.05 Å². The van der Waals surface area contributed by atoms with Crippen molar-refractivity contribution in [2.24, 2.45) is 0 Å². The molecule has 1 aromatic rings. The Morgan fingerprint density at radius 3 is 3.06 bits per heavy atom. The van der Waals surface area contributed by atoms with E-state index in [4.69, 9.17) is 0 Å². The molecule has 1 heterocycles. The minimum absolute atomic E-state index is 0.141. The molecule has 0 radical (unpaired) electrons. The van der Waals surface area contributed by atoms with Gasteiger partial charge in [-0.15, -0.1) is 11.8 Å². The summed E-state index contributed by atoms with van der Waals surface area (Å²) >= 11 is 1.84. The van der Waals surface area contributed by atoms with E-state index in [1.165, 1.54) is 4.90 Å². The number of nitrogens with one attached hydrogen (secondary N) is 1. The zero-order chi connectivity index (χ0) is 11.5. The van der Waals surface area contributed by atoms with Crippen LogP contribution in [0.3, 0.4) is 0 Å². The zero-order valence-corrected chi connectivity index (χ0v) is 10.4. The van der Waals surface area contributed by atoms with Crippen molar-refractivity contribution >= 4 is 23.4 Å². The smallest absolute Gasteiger partial charge is 0.240 e. The molecule has 1 aliphatic rings. The first-order chi connectivity index (χ1) is 7.72. The second-order valence-corrected chi connectivity index (χ2v) is 5.41. The van der Waals surface area contributed by atoms with Gasteiger partial charge in [0.25, 0.3) is 0 Å². The molecule has 0 saturated heterocycles. The Morgan fingerprint density at radius 2 is 2.31 bits per heavy atom. The van der Waals surface area contributed by atoms with Crippen molar-refractivity contribution in [3.63, 3.8) is 0 Å². The fourth-order valence-corrected chi connectivity index (χ4v) is 2.99. The average Bonchev–Trinajstić information content (AvgIpc) is 2.28. The van der Waals surface area contributed by atoms with E-state index in [-0.39, 0.29) is 5.91 Å². The van der Waals surface area contributed by atoms with Crippen LogP contribution in [-0.2, 0) is 4.79 Å². The van der Waals surface area contributed by atoms with E-state index in [1.807, 2.05) is 34.9 Å². The first-order valence-electron chi connectivity index (χ1n) is 5.43. The van der Waals surface area contributed by atoms with Crippen LogP contribution < -0.4 is 10.2 Å². The summed E-state index contributed by atoms with van der Waals surface area (Å²) in [6.45, 7) is 3.34. The maximum Gasteiger partial charge on any atom is 0.240 e. The summed E-state index contributed by atoms with van der Waals surface area (Å²) in [7, 11) is 1.80. The molecule has 2 rings (SSSR count). The van der Waals surface area contributed by atoms with Crippen LogP contribution in [0.25, 0.3) is 0 Å². The molecule has 0 fully saturated rings. The molecule has 1 unspecified atom stereocenters. The normalized spacial score (nSPS) is 19.4. The number of anilines is 1. The molecule has 1 aliphatic heterocycles. The van der Waals surface area contributed by atoms with Crippen LogP contribution in [0.4, 0.5) is 5.69 Å². The van der Waals surface area contributed by atoms with Gasteiger partial charge in [0.1, 0.15) is 0 Å². The summed E-state index contributed by atoms with van der Waals surface area (Å²) < 4.78 is 0. The standard InChI is InChI=1S/C12H16N2OS/c1-9-8-14(12(15)7-13-2)10-5-3-4-6-11(10)16-9/h3-6,9,13H,7-8H2,1-2H3. The number of nitrogens with zero attached hydrogens (tertiary/aromatic N) is 1. The molecule has 0 bridgehead atoms. The highest BCUT2D eigenvalue weighted by atomic mass is 32.2. The van der Waals surface area contributed by atoms with Gasteiger partial charge in [-0.05, 0) is 19.2 Å². The highest BCUT2D eigenvalue weighted by Gasteiger charge is 2.25. The van der Waals surface area contributed by atoms with Gasteiger partial charge in [-0.3, -0.25) is 4.79 Å². The summed E-state index contributed by atoms with van der Waals surface area (Å²) in [6.07, 6.45) is 0. The van der Waals surface area contributed by atoms with E-state index in [0.29, 0.717) is 11.8 Å². The third-order valence-corrected chi connectivity index (χ3v) is 3.70. The van der Waals surface area contributed by atoms with Crippen molar-refractivity contribution in [2.75, 3.05) is 25.0 Å². The molecule has 0 aliphatic carbocycles. The predicted octanol–water partition coefficient (Wildman–Crippen LogP) is 1.73.